The Morgan fingerprint density at radius 1 is 0.897 bits per heavy atom. The molecule has 5 rings (SSSR count). The summed E-state index contributed by atoms with van der Waals surface area (Å²) in [6, 6.07) is 21.5. The minimum Gasteiger partial charge on any atom is -0.364 e. The highest BCUT2D eigenvalue weighted by Crippen LogP contribution is 2.33. The molecular weight excluding hydrogens is 358 g/mol. The fourth-order valence-electron chi connectivity index (χ4n) is 4.41. The average molecular weight is 383 g/mol. The Labute approximate surface area is 170 Å². The van der Waals surface area contributed by atoms with Crippen molar-refractivity contribution < 1.29 is 0 Å². The third kappa shape index (κ3) is 3.61. The van der Waals surface area contributed by atoms with Crippen LogP contribution in [0.25, 0.3) is 22.2 Å². The summed E-state index contributed by atoms with van der Waals surface area (Å²) in [5.41, 5.74) is 4.77. The molecular formula is C24H25N5. The minimum absolute atomic E-state index is 0.0469. The van der Waals surface area contributed by atoms with Crippen LogP contribution in [0.2, 0.25) is 0 Å². The lowest BCUT2D eigenvalue weighted by atomic mass is 9.80. The Kier molecular flexibility index (Phi) is 4.74. The predicted octanol–water partition coefficient (Wildman–Crippen LogP) is 4.40. The van der Waals surface area contributed by atoms with Gasteiger partial charge in [-0.3, -0.25) is 0 Å². The molecule has 3 N–H and O–H groups in total. The monoisotopic (exact) mass is 383 g/mol. The van der Waals surface area contributed by atoms with Crippen molar-refractivity contribution >= 4 is 16.9 Å². The van der Waals surface area contributed by atoms with E-state index >= 15 is 0 Å². The number of nitrogens with zero attached hydrogens (tertiary/aromatic N) is 2. The molecule has 0 bridgehead atoms. The van der Waals surface area contributed by atoms with Gasteiger partial charge in [0.1, 0.15) is 17.8 Å². The van der Waals surface area contributed by atoms with E-state index in [4.69, 9.17) is 0 Å². The van der Waals surface area contributed by atoms with Crippen LogP contribution in [0, 0.1) is 0 Å². The van der Waals surface area contributed by atoms with Gasteiger partial charge in [-0.1, -0.05) is 54.6 Å². The third-order valence-corrected chi connectivity index (χ3v) is 5.93. The summed E-state index contributed by atoms with van der Waals surface area (Å²) in [4.78, 5) is 12.1. The summed E-state index contributed by atoms with van der Waals surface area (Å²) in [5.74, 6) is 0.912. The normalized spacial score (nSPS) is 16.0. The maximum Gasteiger partial charge on any atom is 0.142 e. The predicted molar refractivity (Wildman–Crippen MR) is 118 cm³/mol. The number of benzene rings is 2. The molecule has 0 spiro atoms. The van der Waals surface area contributed by atoms with Crippen LogP contribution in [0.4, 0.5) is 5.82 Å². The molecule has 0 radical (unpaired) electrons. The van der Waals surface area contributed by atoms with Crippen molar-refractivity contribution in [1.29, 1.82) is 0 Å². The minimum atomic E-state index is -0.0469. The van der Waals surface area contributed by atoms with E-state index < -0.39 is 0 Å². The van der Waals surface area contributed by atoms with E-state index in [0.29, 0.717) is 0 Å². The van der Waals surface area contributed by atoms with Crippen LogP contribution < -0.4 is 10.6 Å². The van der Waals surface area contributed by atoms with Gasteiger partial charge < -0.3 is 15.6 Å². The highest BCUT2D eigenvalue weighted by atomic mass is 15.1. The lowest BCUT2D eigenvalue weighted by Gasteiger charge is -2.39. The van der Waals surface area contributed by atoms with Crippen LogP contribution in [0.15, 0.2) is 73.2 Å². The number of aromatic nitrogens is 3. The molecule has 0 amide bonds. The van der Waals surface area contributed by atoms with E-state index in [0.717, 1.165) is 49.2 Å². The smallest absolute Gasteiger partial charge is 0.142 e. The first-order valence-corrected chi connectivity index (χ1v) is 10.2. The highest BCUT2D eigenvalue weighted by Gasteiger charge is 2.33. The first kappa shape index (κ1) is 17.9. The van der Waals surface area contributed by atoms with Gasteiger partial charge in [0.05, 0.1) is 5.39 Å². The van der Waals surface area contributed by atoms with E-state index in [1.54, 1.807) is 6.33 Å². The molecule has 5 nitrogen and oxygen atoms in total. The van der Waals surface area contributed by atoms with E-state index in [9.17, 15) is 0 Å². The zero-order chi connectivity index (χ0) is 19.5. The first-order valence-electron chi connectivity index (χ1n) is 10.2. The van der Waals surface area contributed by atoms with Gasteiger partial charge in [-0.05, 0) is 55.1 Å². The van der Waals surface area contributed by atoms with E-state index in [-0.39, 0.29) is 5.54 Å². The van der Waals surface area contributed by atoms with Gasteiger partial charge in [0.2, 0.25) is 0 Å². The zero-order valence-corrected chi connectivity index (χ0v) is 16.4. The van der Waals surface area contributed by atoms with Gasteiger partial charge in [-0.2, -0.15) is 0 Å². The molecule has 2 aromatic carbocycles. The molecule has 29 heavy (non-hydrogen) atoms. The highest BCUT2D eigenvalue weighted by molar-refractivity contribution is 5.87. The summed E-state index contributed by atoms with van der Waals surface area (Å²) in [6.45, 7) is 2.00. The van der Waals surface area contributed by atoms with E-state index in [1.165, 1.54) is 16.7 Å². The molecule has 0 unspecified atom stereocenters. The molecule has 0 saturated carbocycles. The number of anilines is 1. The molecule has 2 aromatic heterocycles. The van der Waals surface area contributed by atoms with Gasteiger partial charge >= 0.3 is 0 Å². The number of fused-ring (bicyclic) bond motifs is 1. The van der Waals surface area contributed by atoms with Crippen LogP contribution in [-0.4, -0.2) is 33.6 Å². The van der Waals surface area contributed by atoms with E-state index in [2.05, 4.69) is 80.2 Å². The van der Waals surface area contributed by atoms with Gasteiger partial charge in [0.15, 0.2) is 0 Å². The maximum absolute atomic E-state index is 4.58. The summed E-state index contributed by atoms with van der Waals surface area (Å²) in [7, 11) is 0. The number of hydrogen-bond donors (Lipinski definition) is 3. The molecule has 3 heterocycles. The lowest BCUT2D eigenvalue weighted by Crippen LogP contribution is -2.49. The number of aromatic amines is 1. The number of rotatable bonds is 5. The van der Waals surface area contributed by atoms with Crippen molar-refractivity contribution in [2.45, 2.75) is 24.8 Å². The molecule has 1 fully saturated rings. The zero-order valence-electron chi connectivity index (χ0n) is 16.4. The lowest BCUT2D eigenvalue weighted by molar-refractivity contribution is 0.335. The molecule has 1 aliphatic heterocycles. The average Bonchev–Trinajstić information content (AvgIpc) is 3.25. The number of nitrogens with one attached hydrogen (secondary N) is 3. The Bertz CT molecular complexity index is 1100. The van der Waals surface area contributed by atoms with Gasteiger partial charge in [-0.15, -0.1) is 0 Å². The molecule has 0 aliphatic carbocycles. The fraction of sp³-hybridized carbons (Fsp3) is 0.250. The van der Waals surface area contributed by atoms with Crippen molar-refractivity contribution in [1.82, 2.24) is 20.3 Å². The van der Waals surface area contributed by atoms with Crippen LogP contribution in [0.1, 0.15) is 18.4 Å². The molecule has 146 valence electrons. The standard InChI is InChI=1S/C24H25N5/c1-2-6-18(7-3-1)20-9-5-4-8-19(20)16-24(11-14-25-15-12-24)29-23-21-10-13-26-22(21)27-17-28-23/h1-10,13,17,25H,11-12,14-16H2,(H2,26,27,28,29). The first-order chi connectivity index (χ1) is 14.3. The summed E-state index contributed by atoms with van der Waals surface area (Å²) < 4.78 is 0. The molecule has 5 heteroatoms. The molecule has 4 aromatic rings. The SMILES string of the molecule is c1ccc(-c2ccccc2CC2(Nc3ncnc4[nH]ccc34)CCNCC2)cc1. The van der Waals surface area contributed by atoms with Gasteiger partial charge in [-0.25, -0.2) is 9.97 Å². The van der Waals surface area contributed by atoms with Gasteiger partial charge in [0.25, 0.3) is 0 Å². The Morgan fingerprint density at radius 3 is 2.55 bits per heavy atom. The number of H-pyrrole nitrogens is 1. The summed E-state index contributed by atoms with van der Waals surface area (Å²) >= 11 is 0. The fourth-order valence-corrected chi connectivity index (χ4v) is 4.41. The molecule has 1 saturated heterocycles. The Hall–Kier alpha value is -3.18. The van der Waals surface area contributed by atoms with Crippen molar-refractivity contribution in [2.24, 2.45) is 0 Å². The van der Waals surface area contributed by atoms with Gasteiger partial charge in [0, 0.05) is 11.7 Å². The van der Waals surface area contributed by atoms with Crippen LogP contribution in [0.5, 0.6) is 0 Å². The van der Waals surface area contributed by atoms with Crippen molar-refractivity contribution in [3.8, 4) is 11.1 Å². The third-order valence-electron chi connectivity index (χ3n) is 5.93. The second kappa shape index (κ2) is 7.68. The van der Waals surface area contributed by atoms with E-state index in [1.807, 2.05) is 12.3 Å². The molecule has 0 atom stereocenters. The Balaban J connectivity index is 1.52. The van der Waals surface area contributed by atoms with Crippen molar-refractivity contribution in [3.05, 3.63) is 78.8 Å². The van der Waals surface area contributed by atoms with Crippen molar-refractivity contribution in [3.63, 3.8) is 0 Å². The summed E-state index contributed by atoms with van der Waals surface area (Å²) in [5, 5.41) is 8.39. The second-order valence-electron chi connectivity index (χ2n) is 7.82. The number of piperidine rings is 1. The largest absolute Gasteiger partial charge is 0.364 e. The van der Waals surface area contributed by atoms with Crippen LogP contribution in [-0.2, 0) is 6.42 Å². The maximum atomic E-state index is 4.58. The van der Waals surface area contributed by atoms with Crippen LogP contribution in [0.3, 0.4) is 0 Å². The van der Waals surface area contributed by atoms with Crippen molar-refractivity contribution in [2.75, 3.05) is 18.4 Å². The quantitative estimate of drug-likeness (QED) is 0.478. The summed E-state index contributed by atoms with van der Waals surface area (Å²) in [6.07, 6.45) is 6.60. The topological polar surface area (TPSA) is 65.6 Å². The van der Waals surface area contributed by atoms with Crippen LogP contribution >= 0.6 is 0 Å². The number of hydrogen-bond acceptors (Lipinski definition) is 4. The molecule has 1 aliphatic rings. The second-order valence-corrected chi connectivity index (χ2v) is 7.82. The Morgan fingerprint density at radius 2 is 1.69 bits per heavy atom.